The topological polar surface area (TPSA) is 69.7 Å². The zero-order valence-electron chi connectivity index (χ0n) is 14.4. The summed E-state index contributed by atoms with van der Waals surface area (Å²) in [6, 6.07) is 3.20. The summed E-state index contributed by atoms with van der Waals surface area (Å²) < 4.78 is 64.1. The van der Waals surface area contributed by atoms with E-state index in [2.05, 4.69) is 5.32 Å². The van der Waals surface area contributed by atoms with E-state index >= 15 is 0 Å². The molecule has 0 spiro atoms. The molecule has 1 N–H and O–H groups in total. The minimum absolute atomic E-state index is 0.102. The molecule has 2 amide bonds. The summed E-state index contributed by atoms with van der Waals surface area (Å²) in [5, 5.41) is 2.77. The van der Waals surface area contributed by atoms with E-state index in [1.807, 2.05) is 6.92 Å². The standard InChI is InChI=1S/C16H22F3N3O3S/c1-2-3-8-20-15(23)21-9-11-22(12-10-21)26(24,25)14-6-4-13(5-7-14)16(17,18)19/h4-7H,2-3,8-12H2,1H3,(H,20,23). The van der Waals surface area contributed by atoms with Gasteiger partial charge in [-0.15, -0.1) is 0 Å². The highest BCUT2D eigenvalue weighted by Crippen LogP contribution is 2.30. The summed E-state index contributed by atoms with van der Waals surface area (Å²) in [4.78, 5) is 13.3. The second-order valence-corrected chi connectivity index (χ2v) is 7.94. The Kier molecular flexibility index (Phi) is 6.51. The minimum atomic E-state index is -4.51. The van der Waals surface area contributed by atoms with Crippen LogP contribution < -0.4 is 5.32 Å². The van der Waals surface area contributed by atoms with Gasteiger partial charge in [0.1, 0.15) is 0 Å². The van der Waals surface area contributed by atoms with E-state index in [0.29, 0.717) is 6.54 Å². The third kappa shape index (κ3) is 4.88. The molecule has 10 heteroatoms. The van der Waals surface area contributed by atoms with Gasteiger partial charge in [0.2, 0.25) is 10.0 Å². The van der Waals surface area contributed by atoms with Crippen LogP contribution in [0, 0.1) is 0 Å². The normalized spacial score (nSPS) is 16.5. The summed E-state index contributed by atoms with van der Waals surface area (Å²) >= 11 is 0. The fourth-order valence-electron chi connectivity index (χ4n) is 2.58. The Balaban J connectivity index is 1.98. The van der Waals surface area contributed by atoms with Crippen molar-refractivity contribution < 1.29 is 26.4 Å². The molecular weight excluding hydrogens is 371 g/mol. The van der Waals surface area contributed by atoms with Crippen molar-refractivity contribution in [3.8, 4) is 0 Å². The predicted octanol–water partition coefficient (Wildman–Crippen LogP) is 2.52. The van der Waals surface area contributed by atoms with Gasteiger partial charge in [0.25, 0.3) is 0 Å². The van der Waals surface area contributed by atoms with Gasteiger partial charge in [-0.2, -0.15) is 17.5 Å². The van der Waals surface area contributed by atoms with E-state index in [4.69, 9.17) is 0 Å². The number of urea groups is 1. The third-order valence-electron chi connectivity index (χ3n) is 4.15. The molecule has 2 rings (SSSR count). The Morgan fingerprint density at radius 2 is 1.69 bits per heavy atom. The fourth-order valence-corrected chi connectivity index (χ4v) is 4.00. The van der Waals surface area contributed by atoms with Crippen molar-refractivity contribution in [2.45, 2.75) is 30.8 Å². The summed E-state index contributed by atoms with van der Waals surface area (Å²) in [6.07, 6.45) is -2.69. The van der Waals surface area contributed by atoms with Crippen molar-refractivity contribution in [2.24, 2.45) is 0 Å². The molecule has 0 radical (unpaired) electrons. The number of carbonyl (C=O) groups excluding carboxylic acids is 1. The molecule has 1 aromatic rings. The number of hydrogen-bond acceptors (Lipinski definition) is 3. The molecule has 0 saturated carbocycles. The van der Waals surface area contributed by atoms with Crippen molar-refractivity contribution in [3.05, 3.63) is 29.8 Å². The molecule has 1 aromatic carbocycles. The molecule has 26 heavy (non-hydrogen) atoms. The van der Waals surface area contributed by atoms with Crippen molar-refractivity contribution in [2.75, 3.05) is 32.7 Å². The van der Waals surface area contributed by atoms with Crippen LogP contribution in [0.3, 0.4) is 0 Å². The predicted molar refractivity (Wildman–Crippen MR) is 90.1 cm³/mol. The quantitative estimate of drug-likeness (QED) is 0.782. The number of carbonyl (C=O) groups is 1. The molecular formula is C16H22F3N3O3S. The van der Waals surface area contributed by atoms with E-state index in [9.17, 15) is 26.4 Å². The van der Waals surface area contributed by atoms with Crippen LogP contribution in [0.4, 0.5) is 18.0 Å². The van der Waals surface area contributed by atoms with Crippen LogP contribution in [0.1, 0.15) is 25.3 Å². The van der Waals surface area contributed by atoms with Crippen LogP contribution >= 0.6 is 0 Å². The number of rotatable bonds is 5. The highest BCUT2D eigenvalue weighted by atomic mass is 32.2. The molecule has 146 valence electrons. The maximum absolute atomic E-state index is 12.6. The summed E-state index contributed by atoms with van der Waals surface area (Å²) in [7, 11) is -3.89. The Hall–Kier alpha value is -1.81. The number of amides is 2. The van der Waals surface area contributed by atoms with Crippen LogP contribution in [0.25, 0.3) is 0 Å². The molecule has 0 atom stereocenters. The SMILES string of the molecule is CCCCNC(=O)N1CCN(S(=O)(=O)c2ccc(C(F)(F)F)cc2)CC1. The fraction of sp³-hybridized carbons (Fsp3) is 0.562. The minimum Gasteiger partial charge on any atom is -0.338 e. The number of benzene rings is 1. The molecule has 1 aliphatic rings. The lowest BCUT2D eigenvalue weighted by Gasteiger charge is -2.34. The van der Waals surface area contributed by atoms with E-state index < -0.39 is 21.8 Å². The van der Waals surface area contributed by atoms with E-state index in [0.717, 1.165) is 37.1 Å². The number of nitrogens with one attached hydrogen (secondary N) is 1. The maximum atomic E-state index is 12.6. The first-order valence-corrected chi connectivity index (χ1v) is 9.80. The van der Waals surface area contributed by atoms with Crippen molar-refractivity contribution in [3.63, 3.8) is 0 Å². The molecule has 1 aliphatic heterocycles. The average Bonchev–Trinajstić information content (AvgIpc) is 2.61. The molecule has 0 unspecified atom stereocenters. The second kappa shape index (κ2) is 8.26. The van der Waals surface area contributed by atoms with Crippen molar-refractivity contribution in [1.82, 2.24) is 14.5 Å². The molecule has 1 fully saturated rings. The highest BCUT2D eigenvalue weighted by molar-refractivity contribution is 7.89. The number of piperazine rings is 1. The maximum Gasteiger partial charge on any atom is 0.416 e. The lowest BCUT2D eigenvalue weighted by atomic mass is 10.2. The van der Waals surface area contributed by atoms with E-state index in [-0.39, 0.29) is 37.1 Å². The summed E-state index contributed by atoms with van der Waals surface area (Å²) in [5.41, 5.74) is -0.898. The van der Waals surface area contributed by atoms with Gasteiger partial charge in [0.15, 0.2) is 0 Å². The number of halogens is 3. The van der Waals surface area contributed by atoms with Crippen molar-refractivity contribution in [1.29, 1.82) is 0 Å². The van der Waals surface area contributed by atoms with Gasteiger partial charge in [-0.1, -0.05) is 13.3 Å². The Bertz CT molecular complexity index is 712. The molecule has 0 bridgehead atoms. The van der Waals surface area contributed by atoms with E-state index in [1.165, 1.54) is 9.21 Å². The van der Waals surface area contributed by atoms with Gasteiger partial charge in [0, 0.05) is 32.7 Å². The number of nitrogens with zero attached hydrogens (tertiary/aromatic N) is 2. The van der Waals surface area contributed by atoms with E-state index in [1.54, 1.807) is 0 Å². The molecule has 1 heterocycles. The van der Waals surface area contributed by atoms with Gasteiger partial charge in [-0.3, -0.25) is 0 Å². The summed E-state index contributed by atoms with van der Waals surface area (Å²) in [5.74, 6) is 0. The Morgan fingerprint density at radius 3 is 2.19 bits per heavy atom. The first kappa shape index (κ1) is 20.5. The van der Waals surface area contributed by atoms with Gasteiger partial charge < -0.3 is 10.2 Å². The van der Waals surface area contributed by atoms with Crippen LogP contribution in [0.2, 0.25) is 0 Å². The van der Waals surface area contributed by atoms with Gasteiger partial charge >= 0.3 is 12.2 Å². The van der Waals surface area contributed by atoms with Crippen LogP contribution in [0.5, 0.6) is 0 Å². The Labute approximate surface area is 151 Å². The highest BCUT2D eigenvalue weighted by Gasteiger charge is 2.33. The molecule has 0 aliphatic carbocycles. The zero-order chi connectivity index (χ0) is 19.4. The van der Waals surface area contributed by atoms with Gasteiger partial charge in [-0.25, -0.2) is 13.2 Å². The lowest BCUT2D eigenvalue weighted by Crippen LogP contribution is -2.53. The van der Waals surface area contributed by atoms with Gasteiger partial charge in [-0.05, 0) is 30.7 Å². The second-order valence-electron chi connectivity index (χ2n) is 6.00. The first-order valence-electron chi connectivity index (χ1n) is 8.36. The Morgan fingerprint density at radius 1 is 1.12 bits per heavy atom. The number of sulfonamides is 1. The molecule has 6 nitrogen and oxygen atoms in total. The molecule has 0 aromatic heterocycles. The lowest BCUT2D eigenvalue weighted by molar-refractivity contribution is -0.137. The monoisotopic (exact) mass is 393 g/mol. The third-order valence-corrected chi connectivity index (χ3v) is 6.06. The summed E-state index contributed by atoms with van der Waals surface area (Å²) in [6.45, 7) is 3.25. The number of alkyl halides is 3. The van der Waals surface area contributed by atoms with Crippen molar-refractivity contribution >= 4 is 16.1 Å². The van der Waals surface area contributed by atoms with Crippen LogP contribution in [-0.2, 0) is 16.2 Å². The zero-order valence-corrected chi connectivity index (χ0v) is 15.2. The molecule has 1 saturated heterocycles. The average molecular weight is 393 g/mol. The number of unbranched alkanes of at least 4 members (excludes halogenated alkanes) is 1. The van der Waals surface area contributed by atoms with Crippen LogP contribution in [0.15, 0.2) is 29.2 Å². The number of hydrogen-bond donors (Lipinski definition) is 1. The van der Waals surface area contributed by atoms with Gasteiger partial charge in [0.05, 0.1) is 10.5 Å². The van der Waals surface area contributed by atoms with Crippen LogP contribution in [-0.4, -0.2) is 56.4 Å². The largest absolute Gasteiger partial charge is 0.416 e. The smallest absolute Gasteiger partial charge is 0.338 e. The first-order chi connectivity index (χ1) is 12.2.